The van der Waals surface area contributed by atoms with Gasteiger partial charge in [0.2, 0.25) is 0 Å². The highest BCUT2D eigenvalue weighted by molar-refractivity contribution is 5.81. The maximum atomic E-state index is 11.9. The fourth-order valence-corrected chi connectivity index (χ4v) is 3.79. The Labute approximate surface area is 132 Å². The number of nitrogens with zero attached hydrogens (tertiary/aromatic N) is 1. The van der Waals surface area contributed by atoms with Crippen molar-refractivity contribution >= 4 is 11.0 Å². The highest BCUT2D eigenvalue weighted by atomic mass is 16.4. The summed E-state index contributed by atoms with van der Waals surface area (Å²) in [5, 5.41) is 1.09. The van der Waals surface area contributed by atoms with Crippen LogP contribution < -0.4 is 5.63 Å². The summed E-state index contributed by atoms with van der Waals surface area (Å²) in [5.41, 5.74) is 4.01. The van der Waals surface area contributed by atoms with Gasteiger partial charge in [0.15, 0.2) is 0 Å². The highest BCUT2D eigenvalue weighted by Gasteiger charge is 2.31. The standard InChI is InChI=1S/C19H26NO2/c1-13-9-17-15(11-19(21)22-18(17)10-14(13)2)12-20(3,4)16-7-5-6-8-16/h9-11,16H,5-8,12H2,1-4H3/q+1. The van der Waals surface area contributed by atoms with E-state index in [1.54, 1.807) is 6.07 Å². The molecule has 0 saturated heterocycles. The zero-order valence-corrected chi connectivity index (χ0v) is 14.1. The molecule has 0 unspecified atom stereocenters. The largest absolute Gasteiger partial charge is 0.423 e. The first-order valence-electron chi connectivity index (χ1n) is 8.23. The lowest BCUT2D eigenvalue weighted by molar-refractivity contribution is -0.927. The van der Waals surface area contributed by atoms with Gasteiger partial charge < -0.3 is 8.90 Å². The van der Waals surface area contributed by atoms with E-state index in [-0.39, 0.29) is 5.63 Å². The molecule has 22 heavy (non-hydrogen) atoms. The van der Waals surface area contributed by atoms with Crippen molar-refractivity contribution in [2.75, 3.05) is 14.1 Å². The van der Waals surface area contributed by atoms with E-state index in [9.17, 15) is 4.79 Å². The Morgan fingerprint density at radius 3 is 2.41 bits per heavy atom. The van der Waals surface area contributed by atoms with Crippen LogP contribution in [0.15, 0.2) is 27.4 Å². The number of rotatable bonds is 3. The van der Waals surface area contributed by atoms with Crippen LogP contribution in [0.5, 0.6) is 0 Å². The lowest BCUT2D eigenvalue weighted by Gasteiger charge is -2.36. The molecule has 0 N–H and O–H groups in total. The third-order valence-electron chi connectivity index (χ3n) is 5.34. The maximum Gasteiger partial charge on any atom is 0.336 e. The van der Waals surface area contributed by atoms with Crippen molar-refractivity contribution in [1.82, 2.24) is 0 Å². The molecular formula is C19H26NO2+. The van der Waals surface area contributed by atoms with Crippen LogP contribution in [-0.2, 0) is 6.54 Å². The van der Waals surface area contributed by atoms with Gasteiger partial charge in [0.1, 0.15) is 12.1 Å². The number of hydrogen-bond acceptors (Lipinski definition) is 2. The number of aryl methyl sites for hydroxylation is 2. The summed E-state index contributed by atoms with van der Waals surface area (Å²) in [7, 11) is 4.58. The first-order valence-corrected chi connectivity index (χ1v) is 8.23. The van der Waals surface area contributed by atoms with Crippen molar-refractivity contribution in [1.29, 1.82) is 0 Å². The van der Waals surface area contributed by atoms with Crippen molar-refractivity contribution in [2.45, 2.75) is 52.1 Å². The molecular weight excluding hydrogens is 274 g/mol. The van der Waals surface area contributed by atoms with Gasteiger partial charge in [-0.15, -0.1) is 0 Å². The molecule has 0 atom stereocenters. The van der Waals surface area contributed by atoms with Gasteiger partial charge in [-0.2, -0.15) is 0 Å². The lowest BCUT2D eigenvalue weighted by Crippen LogP contribution is -2.46. The van der Waals surface area contributed by atoms with Gasteiger partial charge >= 0.3 is 5.63 Å². The molecule has 3 nitrogen and oxygen atoms in total. The Bertz CT molecular complexity index is 752. The van der Waals surface area contributed by atoms with E-state index in [2.05, 4.69) is 34.0 Å². The topological polar surface area (TPSA) is 30.2 Å². The third kappa shape index (κ3) is 2.82. The second-order valence-corrected chi connectivity index (χ2v) is 7.40. The second-order valence-electron chi connectivity index (χ2n) is 7.40. The molecule has 3 heteroatoms. The molecule has 1 fully saturated rings. The Kier molecular flexibility index (Phi) is 3.85. The maximum absolute atomic E-state index is 11.9. The summed E-state index contributed by atoms with van der Waals surface area (Å²) >= 11 is 0. The third-order valence-corrected chi connectivity index (χ3v) is 5.34. The van der Waals surface area contributed by atoms with E-state index in [0.29, 0.717) is 6.04 Å². The van der Waals surface area contributed by atoms with Gasteiger partial charge in [0.05, 0.1) is 20.1 Å². The molecule has 3 rings (SSSR count). The molecule has 1 aromatic heterocycles. The number of benzene rings is 1. The Morgan fingerprint density at radius 1 is 1.09 bits per heavy atom. The van der Waals surface area contributed by atoms with E-state index < -0.39 is 0 Å². The normalized spacial score (nSPS) is 16.5. The predicted octanol–water partition coefficient (Wildman–Crippen LogP) is 3.93. The van der Waals surface area contributed by atoms with Gasteiger partial charge in [-0.1, -0.05) is 0 Å². The highest BCUT2D eigenvalue weighted by Crippen LogP contribution is 2.30. The summed E-state index contributed by atoms with van der Waals surface area (Å²) in [6, 6.07) is 6.54. The Morgan fingerprint density at radius 2 is 1.73 bits per heavy atom. The molecule has 118 valence electrons. The Balaban J connectivity index is 2.06. The van der Waals surface area contributed by atoms with Crippen molar-refractivity contribution in [3.63, 3.8) is 0 Å². The second kappa shape index (κ2) is 5.54. The quantitative estimate of drug-likeness (QED) is 0.635. The van der Waals surface area contributed by atoms with Crippen LogP contribution >= 0.6 is 0 Å². The average Bonchev–Trinajstić information content (AvgIpc) is 2.95. The van der Waals surface area contributed by atoms with Gasteiger partial charge in [0, 0.05) is 17.0 Å². The minimum atomic E-state index is -0.239. The zero-order valence-electron chi connectivity index (χ0n) is 14.1. The lowest BCUT2D eigenvalue weighted by atomic mass is 10.0. The van der Waals surface area contributed by atoms with Crippen LogP contribution in [0.25, 0.3) is 11.0 Å². The molecule has 1 aliphatic carbocycles. The molecule has 0 aliphatic heterocycles. The van der Waals surface area contributed by atoms with Crippen LogP contribution in [0.4, 0.5) is 0 Å². The van der Waals surface area contributed by atoms with Gasteiger partial charge in [-0.25, -0.2) is 4.79 Å². The van der Waals surface area contributed by atoms with E-state index in [1.807, 2.05) is 6.07 Å². The predicted molar refractivity (Wildman–Crippen MR) is 90.0 cm³/mol. The van der Waals surface area contributed by atoms with Crippen molar-refractivity contribution in [3.8, 4) is 0 Å². The van der Waals surface area contributed by atoms with Crippen LogP contribution in [0.3, 0.4) is 0 Å². The molecule has 0 bridgehead atoms. The molecule has 1 saturated carbocycles. The first-order chi connectivity index (χ1) is 10.4. The Hall–Kier alpha value is -1.61. The molecule has 0 spiro atoms. The SMILES string of the molecule is Cc1cc2oc(=O)cc(C[N+](C)(C)C3CCCC3)c2cc1C. The summed E-state index contributed by atoms with van der Waals surface area (Å²) in [4.78, 5) is 11.9. The molecule has 0 radical (unpaired) electrons. The number of quaternary nitrogens is 1. The van der Waals surface area contributed by atoms with Gasteiger partial charge in [-0.3, -0.25) is 0 Å². The van der Waals surface area contributed by atoms with E-state index >= 15 is 0 Å². The smallest absolute Gasteiger partial charge is 0.336 e. The van der Waals surface area contributed by atoms with Crippen LogP contribution in [-0.4, -0.2) is 24.6 Å². The minimum absolute atomic E-state index is 0.239. The van der Waals surface area contributed by atoms with Crippen LogP contribution in [0.1, 0.15) is 42.4 Å². The summed E-state index contributed by atoms with van der Waals surface area (Å²) < 4.78 is 6.37. The molecule has 1 aromatic carbocycles. The van der Waals surface area contributed by atoms with Crippen LogP contribution in [0, 0.1) is 13.8 Å². The van der Waals surface area contributed by atoms with E-state index in [4.69, 9.17) is 4.42 Å². The molecule has 1 heterocycles. The molecule has 1 aliphatic rings. The van der Waals surface area contributed by atoms with Crippen molar-refractivity contribution in [3.05, 3.63) is 45.3 Å². The first kappa shape index (κ1) is 15.3. The van der Waals surface area contributed by atoms with Gasteiger partial charge in [0.25, 0.3) is 0 Å². The molecule has 0 amide bonds. The number of fused-ring (bicyclic) bond motifs is 1. The molecule has 2 aromatic rings. The van der Waals surface area contributed by atoms with Crippen LogP contribution in [0.2, 0.25) is 0 Å². The summed E-state index contributed by atoms with van der Waals surface area (Å²) in [6.07, 6.45) is 5.26. The minimum Gasteiger partial charge on any atom is -0.423 e. The fraction of sp³-hybridized carbons (Fsp3) is 0.526. The fourth-order valence-electron chi connectivity index (χ4n) is 3.79. The van der Waals surface area contributed by atoms with Crippen molar-refractivity contribution < 1.29 is 8.90 Å². The number of hydrogen-bond donors (Lipinski definition) is 0. The summed E-state index contributed by atoms with van der Waals surface area (Å²) in [5.74, 6) is 0. The van der Waals surface area contributed by atoms with Crippen molar-refractivity contribution in [2.24, 2.45) is 0 Å². The monoisotopic (exact) mass is 300 g/mol. The van der Waals surface area contributed by atoms with E-state index in [0.717, 1.165) is 33.1 Å². The summed E-state index contributed by atoms with van der Waals surface area (Å²) in [6.45, 7) is 5.05. The van der Waals surface area contributed by atoms with E-state index in [1.165, 1.54) is 31.2 Å². The zero-order chi connectivity index (χ0) is 15.9. The average molecular weight is 300 g/mol. The van der Waals surface area contributed by atoms with Gasteiger partial charge in [-0.05, 0) is 62.8 Å².